The molecular weight excluding hydrogens is 409 g/mol. The molecule has 31 heavy (non-hydrogen) atoms. The lowest BCUT2D eigenvalue weighted by Crippen LogP contribution is -2.42. The zero-order valence-electron chi connectivity index (χ0n) is 20.6. The molecular formula is C25H42NO4P. The summed E-state index contributed by atoms with van der Waals surface area (Å²) in [5.74, 6) is 0. The smallest absolute Gasteiger partial charge is 0.265 e. The number of hydrogen-bond acceptors (Lipinski definition) is 3. The predicted molar refractivity (Wildman–Crippen MR) is 128 cm³/mol. The molecule has 1 unspecified atom stereocenters. The van der Waals surface area contributed by atoms with Crippen molar-refractivity contribution in [1.82, 2.24) is 0 Å². The zero-order valence-corrected chi connectivity index (χ0v) is 21.5. The molecule has 0 aromatic rings. The van der Waals surface area contributed by atoms with Crippen LogP contribution in [0.2, 0.25) is 0 Å². The minimum Gasteiger partial charge on any atom is -0.756 e. The third kappa shape index (κ3) is 11.8. The third-order valence-electron chi connectivity index (χ3n) is 5.51. The standard InChI is InChI=1S/C25H42NO4P/c1-20(14-16-23(19-26(6,7)8)30-31(27,28)29)11-9-12-21(2)15-17-24-22(3)13-10-18-25(24,4)5/h9,11-12,14-15,17,23H,10,13,16,18-19H2,1-8H3,(H-,27,28,29)/t23-/m0/s1. The van der Waals surface area contributed by atoms with Gasteiger partial charge in [0.2, 0.25) is 0 Å². The van der Waals surface area contributed by atoms with Crippen molar-refractivity contribution in [3.8, 4) is 0 Å². The Morgan fingerprint density at radius 2 is 1.90 bits per heavy atom. The summed E-state index contributed by atoms with van der Waals surface area (Å²) in [6.07, 6.45) is 15.9. The van der Waals surface area contributed by atoms with Crippen molar-refractivity contribution in [1.29, 1.82) is 0 Å². The van der Waals surface area contributed by atoms with Crippen LogP contribution in [-0.4, -0.2) is 43.2 Å². The molecule has 0 spiro atoms. The average Bonchev–Trinajstić information content (AvgIpc) is 2.56. The maximum absolute atomic E-state index is 11.2. The van der Waals surface area contributed by atoms with Gasteiger partial charge in [-0.15, -0.1) is 0 Å². The molecule has 6 heteroatoms. The molecule has 0 bridgehead atoms. The molecule has 2 atom stereocenters. The van der Waals surface area contributed by atoms with Crippen LogP contribution in [0.4, 0.5) is 0 Å². The molecule has 0 aromatic carbocycles. The van der Waals surface area contributed by atoms with E-state index in [1.165, 1.54) is 36.0 Å². The number of quaternary nitrogens is 1. The Balaban J connectivity index is 2.77. The highest BCUT2D eigenvalue weighted by Crippen LogP contribution is 2.40. The topological polar surface area (TPSA) is 69.6 Å². The van der Waals surface area contributed by atoms with E-state index in [0.29, 0.717) is 17.4 Å². The molecule has 1 aliphatic rings. The van der Waals surface area contributed by atoms with Gasteiger partial charge in [-0.05, 0) is 57.4 Å². The first-order valence-corrected chi connectivity index (χ1v) is 12.5. The summed E-state index contributed by atoms with van der Waals surface area (Å²) in [4.78, 5) is 20.2. The van der Waals surface area contributed by atoms with Crippen LogP contribution in [0.25, 0.3) is 0 Å². The highest BCUT2D eigenvalue weighted by Gasteiger charge is 2.26. The summed E-state index contributed by atoms with van der Waals surface area (Å²) < 4.78 is 16.6. The number of nitrogens with zero attached hydrogens (tertiary/aromatic N) is 1. The van der Waals surface area contributed by atoms with Gasteiger partial charge in [-0.3, -0.25) is 4.57 Å². The molecule has 0 amide bonds. The van der Waals surface area contributed by atoms with Gasteiger partial charge in [0.05, 0.1) is 21.1 Å². The number of rotatable bonds is 10. The fourth-order valence-corrected chi connectivity index (χ4v) is 4.50. The fourth-order valence-electron chi connectivity index (χ4n) is 3.97. The lowest BCUT2D eigenvalue weighted by atomic mass is 9.72. The Morgan fingerprint density at radius 3 is 2.45 bits per heavy atom. The van der Waals surface area contributed by atoms with E-state index in [1.54, 1.807) is 0 Å². The Morgan fingerprint density at radius 1 is 1.26 bits per heavy atom. The summed E-state index contributed by atoms with van der Waals surface area (Å²) in [5, 5.41) is 0. The van der Waals surface area contributed by atoms with E-state index in [1.807, 2.05) is 46.3 Å². The Hall–Kier alpha value is -1.23. The summed E-state index contributed by atoms with van der Waals surface area (Å²) >= 11 is 0. The fraction of sp³-hybridized carbons (Fsp3) is 0.600. The van der Waals surface area contributed by atoms with Gasteiger partial charge in [0, 0.05) is 0 Å². The van der Waals surface area contributed by atoms with E-state index >= 15 is 0 Å². The van der Waals surface area contributed by atoms with Crippen molar-refractivity contribution < 1.29 is 23.4 Å². The quantitative estimate of drug-likeness (QED) is 0.272. The van der Waals surface area contributed by atoms with E-state index in [0.717, 1.165) is 5.57 Å². The highest BCUT2D eigenvalue weighted by molar-refractivity contribution is 7.44. The molecule has 0 heterocycles. The number of phosphoric acid groups is 1. The molecule has 0 radical (unpaired) electrons. The second-order valence-electron chi connectivity index (χ2n) is 10.4. The Labute approximate surface area is 189 Å². The maximum Gasteiger partial charge on any atom is 0.265 e. The number of phosphoric ester groups is 1. The van der Waals surface area contributed by atoms with Gasteiger partial charge < -0.3 is 18.8 Å². The first kappa shape index (κ1) is 27.8. The van der Waals surface area contributed by atoms with E-state index in [4.69, 9.17) is 9.42 Å². The molecule has 176 valence electrons. The van der Waals surface area contributed by atoms with Crippen LogP contribution >= 0.6 is 7.82 Å². The molecule has 0 saturated heterocycles. The van der Waals surface area contributed by atoms with Crippen LogP contribution in [0.15, 0.2) is 58.7 Å². The average molecular weight is 452 g/mol. The highest BCUT2D eigenvalue weighted by atomic mass is 31.2. The van der Waals surface area contributed by atoms with Gasteiger partial charge in [-0.2, -0.15) is 0 Å². The SMILES string of the molecule is CC(C=CC1=C(C)CCCC1(C)C)=CC=CC(C)=CC[C@@H](C[N+](C)(C)C)OP(=O)([O-])O. The lowest BCUT2D eigenvalue weighted by molar-refractivity contribution is -0.873. The van der Waals surface area contributed by atoms with Crippen molar-refractivity contribution in [2.24, 2.45) is 5.41 Å². The van der Waals surface area contributed by atoms with E-state index in [9.17, 15) is 9.46 Å². The lowest BCUT2D eigenvalue weighted by Gasteiger charge is -2.32. The first-order valence-electron chi connectivity index (χ1n) is 11.0. The summed E-state index contributed by atoms with van der Waals surface area (Å²) in [6.45, 7) is 11.4. The number of likely N-dealkylation sites (N-methyl/N-ethyl adjacent to an activating group) is 1. The Bertz CT molecular complexity index is 804. The van der Waals surface area contributed by atoms with Crippen LogP contribution in [0.5, 0.6) is 0 Å². The monoisotopic (exact) mass is 451 g/mol. The predicted octanol–water partition coefficient (Wildman–Crippen LogP) is 5.46. The van der Waals surface area contributed by atoms with Gasteiger partial charge in [-0.25, -0.2) is 0 Å². The molecule has 1 rings (SSSR count). The molecule has 1 aliphatic carbocycles. The van der Waals surface area contributed by atoms with Crippen molar-refractivity contribution in [3.05, 3.63) is 58.7 Å². The maximum atomic E-state index is 11.2. The summed E-state index contributed by atoms with van der Waals surface area (Å²) in [5.41, 5.74) is 5.36. The van der Waals surface area contributed by atoms with Crippen molar-refractivity contribution in [2.45, 2.75) is 66.4 Å². The zero-order chi connectivity index (χ0) is 23.9. The Kier molecular flexibility index (Phi) is 10.4. The first-order chi connectivity index (χ1) is 14.1. The van der Waals surface area contributed by atoms with Gasteiger partial charge in [0.15, 0.2) is 0 Å². The minimum atomic E-state index is -4.76. The minimum absolute atomic E-state index is 0.237. The van der Waals surface area contributed by atoms with E-state index < -0.39 is 13.9 Å². The van der Waals surface area contributed by atoms with Crippen LogP contribution in [0.3, 0.4) is 0 Å². The van der Waals surface area contributed by atoms with Crippen LogP contribution in [-0.2, 0) is 9.09 Å². The largest absolute Gasteiger partial charge is 0.756 e. The van der Waals surface area contributed by atoms with E-state index in [-0.39, 0.29) is 5.41 Å². The summed E-state index contributed by atoms with van der Waals surface area (Å²) in [6, 6.07) is 0. The molecule has 0 fully saturated rings. The number of allylic oxidation sites excluding steroid dienone is 9. The van der Waals surface area contributed by atoms with Crippen LogP contribution in [0.1, 0.15) is 60.3 Å². The normalized spacial score (nSPS) is 21.7. The van der Waals surface area contributed by atoms with Crippen molar-refractivity contribution in [2.75, 3.05) is 27.7 Å². The summed E-state index contributed by atoms with van der Waals surface area (Å²) in [7, 11) is 1.09. The van der Waals surface area contributed by atoms with Crippen molar-refractivity contribution >= 4 is 7.82 Å². The van der Waals surface area contributed by atoms with E-state index in [2.05, 4.69) is 45.9 Å². The third-order valence-corrected chi connectivity index (χ3v) is 6.07. The molecule has 0 aliphatic heterocycles. The molecule has 0 aromatic heterocycles. The van der Waals surface area contributed by atoms with Gasteiger partial charge >= 0.3 is 0 Å². The molecule has 1 N–H and O–H groups in total. The van der Waals surface area contributed by atoms with Crippen LogP contribution < -0.4 is 4.89 Å². The number of hydrogen-bond donors (Lipinski definition) is 1. The van der Waals surface area contributed by atoms with Gasteiger partial charge in [0.1, 0.15) is 12.6 Å². The van der Waals surface area contributed by atoms with Crippen molar-refractivity contribution in [3.63, 3.8) is 0 Å². The van der Waals surface area contributed by atoms with Gasteiger partial charge in [0.25, 0.3) is 7.82 Å². The van der Waals surface area contributed by atoms with Crippen LogP contribution in [0, 0.1) is 5.41 Å². The molecule has 5 nitrogen and oxygen atoms in total. The van der Waals surface area contributed by atoms with Gasteiger partial charge in [-0.1, -0.05) is 67.0 Å². The molecule has 0 saturated carbocycles. The second kappa shape index (κ2) is 11.6. The second-order valence-corrected chi connectivity index (χ2v) is 11.5.